The normalized spacial score (nSPS) is 21.9. The van der Waals surface area contributed by atoms with E-state index in [0.29, 0.717) is 26.1 Å². The number of aliphatic hydroxyl groups excluding tert-OH is 1. The summed E-state index contributed by atoms with van der Waals surface area (Å²) in [5.74, 6) is 0.0550. The van der Waals surface area contributed by atoms with Crippen LogP contribution in [-0.2, 0) is 4.74 Å². The molecule has 0 spiro atoms. The van der Waals surface area contributed by atoms with Crippen molar-refractivity contribution in [2.45, 2.75) is 17.9 Å². The predicted molar refractivity (Wildman–Crippen MR) is 95.3 cm³/mol. The molecule has 0 unspecified atom stereocenters. The fourth-order valence-electron chi connectivity index (χ4n) is 3.87. The molecular formula is C20H22N2O3. The zero-order valence-electron chi connectivity index (χ0n) is 14.0. The summed E-state index contributed by atoms with van der Waals surface area (Å²) >= 11 is 0. The molecule has 1 saturated heterocycles. The summed E-state index contributed by atoms with van der Waals surface area (Å²) in [6.07, 6.45) is 0.232. The zero-order valence-corrected chi connectivity index (χ0v) is 14.0. The fourth-order valence-corrected chi connectivity index (χ4v) is 3.87. The van der Waals surface area contributed by atoms with Gasteiger partial charge in [-0.15, -0.1) is 0 Å². The van der Waals surface area contributed by atoms with Gasteiger partial charge >= 0.3 is 6.09 Å². The number of benzene rings is 2. The molecule has 0 saturated carbocycles. The van der Waals surface area contributed by atoms with Crippen LogP contribution < -0.4 is 5.73 Å². The van der Waals surface area contributed by atoms with Gasteiger partial charge in [-0.25, -0.2) is 4.79 Å². The first-order valence-electron chi connectivity index (χ1n) is 8.61. The van der Waals surface area contributed by atoms with Crippen LogP contribution in [0.1, 0.15) is 23.5 Å². The van der Waals surface area contributed by atoms with Gasteiger partial charge in [0.2, 0.25) is 0 Å². The van der Waals surface area contributed by atoms with Crippen molar-refractivity contribution >= 4 is 6.09 Å². The van der Waals surface area contributed by atoms with Gasteiger partial charge in [0.1, 0.15) is 6.61 Å². The average molecular weight is 338 g/mol. The molecule has 0 bridgehead atoms. The molecule has 1 amide bonds. The van der Waals surface area contributed by atoms with Gasteiger partial charge in [0.15, 0.2) is 0 Å². The van der Waals surface area contributed by atoms with Gasteiger partial charge in [0.05, 0.1) is 12.1 Å². The Kier molecular flexibility index (Phi) is 3.98. The molecule has 2 aliphatic rings. The van der Waals surface area contributed by atoms with E-state index in [0.717, 1.165) is 0 Å². The Bertz CT molecular complexity index is 762. The molecule has 1 aliphatic heterocycles. The van der Waals surface area contributed by atoms with Crippen molar-refractivity contribution < 1.29 is 14.6 Å². The van der Waals surface area contributed by atoms with E-state index in [-0.39, 0.29) is 18.6 Å². The first kappa shape index (κ1) is 16.1. The molecule has 130 valence electrons. The molecule has 3 N–H and O–H groups in total. The summed E-state index contributed by atoms with van der Waals surface area (Å²) in [5, 5.41) is 9.34. The summed E-state index contributed by atoms with van der Waals surface area (Å²) < 4.78 is 5.61. The maximum absolute atomic E-state index is 12.4. The van der Waals surface area contributed by atoms with Crippen molar-refractivity contribution in [2.75, 3.05) is 26.3 Å². The number of nitrogens with zero attached hydrogens (tertiary/aromatic N) is 1. The van der Waals surface area contributed by atoms with Crippen LogP contribution >= 0.6 is 0 Å². The van der Waals surface area contributed by atoms with Crippen LogP contribution in [0.5, 0.6) is 0 Å². The number of nitrogens with two attached hydrogens (primary N) is 1. The van der Waals surface area contributed by atoms with Crippen molar-refractivity contribution in [3.05, 3.63) is 59.7 Å². The lowest BCUT2D eigenvalue weighted by molar-refractivity contribution is 0.103. The fraction of sp³-hybridized carbons (Fsp3) is 0.350. The Hall–Kier alpha value is -2.37. The number of ether oxygens (including phenoxy) is 1. The Morgan fingerprint density at radius 2 is 1.76 bits per heavy atom. The SMILES string of the molecule is N[C@]1(CO)CCN(C(=O)OCC2c3ccccc3-c3ccccc32)C1. The Balaban J connectivity index is 1.49. The van der Waals surface area contributed by atoms with E-state index in [1.165, 1.54) is 22.3 Å². The molecule has 0 radical (unpaired) electrons. The molecule has 5 nitrogen and oxygen atoms in total. The van der Waals surface area contributed by atoms with E-state index in [9.17, 15) is 9.90 Å². The molecule has 5 heteroatoms. The predicted octanol–water partition coefficient (Wildman–Crippen LogP) is 2.33. The van der Waals surface area contributed by atoms with Crippen molar-refractivity contribution in [3.8, 4) is 11.1 Å². The highest BCUT2D eigenvalue weighted by molar-refractivity contribution is 5.79. The highest BCUT2D eigenvalue weighted by Crippen LogP contribution is 2.44. The second-order valence-corrected chi connectivity index (χ2v) is 7.00. The summed E-state index contributed by atoms with van der Waals surface area (Å²) in [7, 11) is 0. The lowest BCUT2D eigenvalue weighted by Crippen LogP contribution is -2.47. The van der Waals surface area contributed by atoms with Gasteiger partial charge in [-0.05, 0) is 28.7 Å². The van der Waals surface area contributed by atoms with Crippen LogP contribution in [0.25, 0.3) is 11.1 Å². The number of amides is 1. The van der Waals surface area contributed by atoms with Gasteiger partial charge in [0, 0.05) is 19.0 Å². The van der Waals surface area contributed by atoms with Crippen LogP contribution in [0.2, 0.25) is 0 Å². The van der Waals surface area contributed by atoms with Gasteiger partial charge in [-0.2, -0.15) is 0 Å². The van der Waals surface area contributed by atoms with E-state index < -0.39 is 5.54 Å². The number of rotatable bonds is 3. The van der Waals surface area contributed by atoms with E-state index in [1.54, 1.807) is 4.90 Å². The monoisotopic (exact) mass is 338 g/mol. The van der Waals surface area contributed by atoms with Crippen molar-refractivity contribution in [1.82, 2.24) is 4.90 Å². The molecule has 2 aromatic carbocycles. The number of aliphatic hydroxyl groups is 1. The standard InChI is InChI=1S/C20H22N2O3/c21-20(13-23)9-10-22(12-20)19(24)25-11-18-16-7-3-1-5-14(16)15-6-2-4-8-17(15)18/h1-8,18,23H,9-13,21H2/t20-/m1/s1. The van der Waals surface area contributed by atoms with Crippen LogP contribution in [0, 0.1) is 0 Å². The molecule has 0 aromatic heterocycles. The molecule has 4 rings (SSSR count). The highest BCUT2D eigenvalue weighted by atomic mass is 16.6. The van der Waals surface area contributed by atoms with Gasteiger partial charge in [0.25, 0.3) is 0 Å². The maximum Gasteiger partial charge on any atom is 0.409 e. The van der Waals surface area contributed by atoms with Gasteiger partial charge in [-0.3, -0.25) is 0 Å². The topological polar surface area (TPSA) is 75.8 Å². The van der Waals surface area contributed by atoms with Crippen molar-refractivity contribution in [2.24, 2.45) is 5.73 Å². The lowest BCUT2D eigenvalue weighted by atomic mass is 9.98. The minimum Gasteiger partial charge on any atom is -0.448 e. The van der Waals surface area contributed by atoms with Crippen LogP contribution in [-0.4, -0.2) is 47.9 Å². The number of hydrogen-bond acceptors (Lipinski definition) is 4. The Morgan fingerprint density at radius 1 is 1.16 bits per heavy atom. The largest absolute Gasteiger partial charge is 0.448 e. The molecule has 25 heavy (non-hydrogen) atoms. The number of fused-ring (bicyclic) bond motifs is 3. The molecule has 1 aliphatic carbocycles. The van der Waals surface area contributed by atoms with Crippen LogP contribution in [0.15, 0.2) is 48.5 Å². The quantitative estimate of drug-likeness (QED) is 0.901. The second kappa shape index (κ2) is 6.17. The molecular weight excluding hydrogens is 316 g/mol. The number of hydrogen-bond donors (Lipinski definition) is 2. The number of carbonyl (C=O) groups excluding carboxylic acids is 1. The average Bonchev–Trinajstić information content (AvgIpc) is 3.19. The van der Waals surface area contributed by atoms with Gasteiger partial charge in [-0.1, -0.05) is 48.5 Å². The third-order valence-corrected chi connectivity index (χ3v) is 5.29. The third-order valence-electron chi connectivity index (χ3n) is 5.29. The molecule has 2 aromatic rings. The number of likely N-dealkylation sites (tertiary alicyclic amines) is 1. The minimum absolute atomic E-state index is 0.0550. The summed E-state index contributed by atoms with van der Waals surface area (Å²) in [6.45, 7) is 1.04. The van der Waals surface area contributed by atoms with Crippen molar-refractivity contribution in [1.29, 1.82) is 0 Å². The minimum atomic E-state index is -0.703. The van der Waals surface area contributed by atoms with Crippen molar-refractivity contribution in [3.63, 3.8) is 0 Å². The molecule has 1 fully saturated rings. The zero-order chi connectivity index (χ0) is 17.4. The maximum atomic E-state index is 12.4. The highest BCUT2D eigenvalue weighted by Gasteiger charge is 2.37. The first-order valence-corrected chi connectivity index (χ1v) is 8.61. The van der Waals surface area contributed by atoms with Crippen LogP contribution in [0.3, 0.4) is 0 Å². The molecule has 1 atom stereocenters. The summed E-state index contributed by atoms with van der Waals surface area (Å²) in [4.78, 5) is 14.0. The Morgan fingerprint density at radius 3 is 2.32 bits per heavy atom. The summed E-state index contributed by atoms with van der Waals surface area (Å²) in [5.41, 5.74) is 10.1. The Labute approximate surface area is 147 Å². The second-order valence-electron chi connectivity index (χ2n) is 7.00. The van der Waals surface area contributed by atoms with E-state index >= 15 is 0 Å². The summed E-state index contributed by atoms with van der Waals surface area (Å²) in [6, 6.07) is 16.5. The smallest absolute Gasteiger partial charge is 0.409 e. The van der Waals surface area contributed by atoms with E-state index in [1.807, 2.05) is 24.3 Å². The van der Waals surface area contributed by atoms with Gasteiger partial charge < -0.3 is 20.5 Å². The molecule has 1 heterocycles. The van der Waals surface area contributed by atoms with E-state index in [4.69, 9.17) is 10.5 Å². The van der Waals surface area contributed by atoms with Crippen LogP contribution in [0.4, 0.5) is 4.79 Å². The third kappa shape index (κ3) is 2.79. The first-order chi connectivity index (χ1) is 12.1. The number of carbonyl (C=O) groups is 1. The lowest BCUT2D eigenvalue weighted by Gasteiger charge is -2.22. The van der Waals surface area contributed by atoms with E-state index in [2.05, 4.69) is 24.3 Å².